The Bertz CT molecular complexity index is 138. The van der Waals surface area contributed by atoms with Crippen LogP contribution in [0.1, 0.15) is 65.2 Å². The summed E-state index contributed by atoms with van der Waals surface area (Å²) in [6.07, 6.45) is 12.1. The minimum absolute atomic E-state index is 0.306. The van der Waals surface area contributed by atoms with Gasteiger partial charge in [0.25, 0.3) is 0 Å². The van der Waals surface area contributed by atoms with Crippen LogP contribution >= 0.6 is 0 Å². The van der Waals surface area contributed by atoms with Crippen molar-refractivity contribution in [2.45, 2.75) is 65.2 Å². The van der Waals surface area contributed by atoms with Gasteiger partial charge in [-0.1, -0.05) is 51.2 Å². The number of hydrogen-bond donors (Lipinski definition) is 1. The second kappa shape index (κ2) is 10.8. The van der Waals surface area contributed by atoms with E-state index in [-0.39, 0.29) is 0 Å². The van der Waals surface area contributed by atoms with Gasteiger partial charge >= 0.3 is 0 Å². The fourth-order valence-electron chi connectivity index (χ4n) is 1.72. The van der Waals surface area contributed by atoms with E-state index in [9.17, 15) is 0 Å². The van der Waals surface area contributed by atoms with Crippen LogP contribution in [0.5, 0.6) is 0 Å². The molecule has 0 aliphatic carbocycles. The molecule has 0 rings (SSSR count). The normalized spacial score (nSPS) is 12.1. The minimum Gasteiger partial charge on any atom is -0.396 e. The lowest BCUT2D eigenvalue weighted by atomic mass is 10.0. The first kappa shape index (κ1) is 13.7. The average molecular weight is 198 g/mol. The average Bonchev–Trinajstić information content (AvgIpc) is 2.18. The Hall–Kier alpha value is -0.300. The van der Waals surface area contributed by atoms with Gasteiger partial charge in [-0.25, -0.2) is 0 Å². The summed E-state index contributed by atoms with van der Waals surface area (Å²) in [6, 6.07) is 0. The molecule has 0 bridgehead atoms. The fraction of sp³-hybridized carbons (Fsp3) is 0.846. The number of aliphatic hydroxyl groups excluding tert-OH is 1. The lowest BCUT2D eigenvalue weighted by Gasteiger charge is -2.05. The largest absolute Gasteiger partial charge is 0.396 e. The molecule has 0 unspecified atom stereocenters. The van der Waals surface area contributed by atoms with Crippen LogP contribution in [0.4, 0.5) is 0 Å². The molecule has 0 radical (unpaired) electrons. The number of rotatable bonds is 9. The maximum absolute atomic E-state index is 8.86. The van der Waals surface area contributed by atoms with Gasteiger partial charge in [-0.3, -0.25) is 0 Å². The first-order valence-corrected chi connectivity index (χ1v) is 6.13. The lowest BCUT2D eigenvalue weighted by Crippen LogP contribution is -1.90. The summed E-state index contributed by atoms with van der Waals surface area (Å²) in [7, 11) is 0. The first-order chi connectivity index (χ1) is 6.85. The molecule has 1 heteroatoms. The zero-order chi connectivity index (χ0) is 10.6. The molecule has 1 N–H and O–H groups in total. The molecule has 0 amide bonds. The zero-order valence-electron chi connectivity index (χ0n) is 9.89. The van der Waals surface area contributed by atoms with Gasteiger partial charge in [0, 0.05) is 6.61 Å². The van der Waals surface area contributed by atoms with Gasteiger partial charge in [-0.15, -0.1) is 0 Å². The number of unbranched alkanes of at least 4 members (excludes halogenated alkanes) is 4. The number of hydrogen-bond acceptors (Lipinski definition) is 1. The molecule has 0 aromatic carbocycles. The molecule has 0 atom stereocenters. The first-order valence-electron chi connectivity index (χ1n) is 6.13. The molecular formula is C13H26O. The molecule has 0 spiro atoms. The molecule has 14 heavy (non-hydrogen) atoms. The Morgan fingerprint density at radius 1 is 1.00 bits per heavy atom. The third kappa shape index (κ3) is 8.31. The van der Waals surface area contributed by atoms with E-state index < -0.39 is 0 Å². The summed E-state index contributed by atoms with van der Waals surface area (Å²) in [5, 5.41) is 8.86. The molecule has 0 fully saturated rings. The van der Waals surface area contributed by atoms with E-state index >= 15 is 0 Å². The highest BCUT2D eigenvalue weighted by molar-refractivity contribution is 5.01. The molecule has 0 saturated heterocycles. The van der Waals surface area contributed by atoms with Crippen molar-refractivity contribution in [3.63, 3.8) is 0 Å². The summed E-state index contributed by atoms with van der Waals surface area (Å²) in [4.78, 5) is 0. The van der Waals surface area contributed by atoms with Gasteiger partial charge in [0.05, 0.1) is 0 Å². The van der Waals surface area contributed by atoms with Gasteiger partial charge in [0.1, 0.15) is 0 Å². The maximum Gasteiger partial charge on any atom is 0.0468 e. The quantitative estimate of drug-likeness (QED) is 0.437. The predicted molar refractivity (Wildman–Crippen MR) is 63.5 cm³/mol. The van der Waals surface area contributed by atoms with E-state index in [2.05, 4.69) is 19.9 Å². The predicted octanol–water partition coefficient (Wildman–Crippen LogP) is 4.07. The Morgan fingerprint density at radius 3 is 2.29 bits per heavy atom. The molecule has 0 aromatic heterocycles. The molecule has 0 saturated carbocycles. The topological polar surface area (TPSA) is 20.2 Å². The van der Waals surface area contributed by atoms with E-state index in [0.717, 1.165) is 12.8 Å². The van der Waals surface area contributed by atoms with Crippen molar-refractivity contribution < 1.29 is 5.11 Å². The van der Waals surface area contributed by atoms with Gasteiger partial charge in [-0.05, 0) is 25.7 Å². The highest BCUT2D eigenvalue weighted by Gasteiger charge is 1.96. The van der Waals surface area contributed by atoms with Crippen LogP contribution in [-0.2, 0) is 0 Å². The summed E-state index contributed by atoms with van der Waals surface area (Å²) in [5.41, 5.74) is 1.45. The van der Waals surface area contributed by atoms with Crippen molar-refractivity contribution in [1.29, 1.82) is 0 Å². The smallest absolute Gasteiger partial charge is 0.0468 e. The van der Waals surface area contributed by atoms with Crippen LogP contribution in [0.25, 0.3) is 0 Å². The second-order valence-corrected chi connectivity index (χ2v) is 3.91. The minimum atomic E-state index is 0.306. The summed E-state index contributed by atoms with van der Waals surface area (Å²) < 4.78 is 0. The zero-order valence-corrected chi connectivity index (χ0v) is 9.89. The van der Waals surface area contributed by atoms with Crippen LogP contribution in [0, 0.1) is 0 Å². The van der Waals surface area contributed by atoms with E-state index in [1.807, 2.05) is 0 Å². The van der Waals surface area contributed by atoms with Crippen LogP contribution in [0.2, 0.25) is 0 Å². The Kier molecular flexibility index (Phi) is 10.5. The summed E-state index contributed by atoms with van der Waals surface area (Å²) in [5.74, 6) is 0. The number of aliphatic hydroxyl groups is 1. The van der Waals surface area contributed by atoms with Gasteiger partial charge < -0.3 is 5.11 Å². The maximum atomic E-state index is 8.86. The fourth-order valence-corrected chi connectivity index (χ4v) is 1.72. The van der Waals surface area contributed by atoms with Crippen molar-refractivity contribution >= 4 is 0 Å². The van der Waals surface area contributed by atoms with Crippen molar-refractivity contribution in [3.05, 3.63) is 11.6 Å². The summed E-state index contributed by atoms with van der Waals surface area (Å²) >= 11 is 0. The van der Waals surface area contributed by atoms with Crippen LogP contribution in [-0.4, -0.2) is 11.7 Å². The monoisotopic (exact) mass is 198 g/mol. The lowest BCUT2D eigenvalue weighted by molar-refractivity contribution is 0.297. The molecule has 1 nitrogen and oxygen atoms in total. The van der Waals surface area contributed by atoms with E-state index in [4.69, 9.17) is 5.11 Å². The molecule has 0 aromatic rings. The SMILES string of the molecule is CC/C=C(/CCO)CCCCCCC. The molecule has 0 heterocycles. The van der Waals surface area contributed by atoms with E-state index in [1.165, 1.54) is 44.1 Å². The van der Waals surface area contributed by atoms with Crippen molar-refractivity contribution in [3.8, 4) is 0 Å². The van der Waals surface area contributed by atoms with Crippen molar-refractivity contribution in [2.75, 3.05) is 6.61 Å². The van der Waals surface area contributed by atoms with Crippen LogP contribution < -0.4 is 0 Å². The third-order valence-corrected chi connectivity index (χ3v) is 2.53. The standard InChI is InChI=1S/C13H26O/c1-3-5-6-7-8-10-13(9-4-2)11-12-14/h9,14H,3-8,10-12H2,1-2H3/b13-9+. The molecule has 84 valence electrons. The highest BCUT2D eigenvalue weighted by atomic mass is 16.2. The van der Waals surface area contributed by atoms with E-state index in [0.29, 0.717) is 6.61 Å². The van der Waals surface area contributed by atoms with Crippen LogP contribution in [0.15, 0.2) is 11.6 Å². The third-order valence-electron chi connectivity index (χ3n) is 2.53. The van der Waals surface area contributed by atoms with Crippen molar-refractivity contribution in [2.24, 2.45) is 0 Å². The Morgan fingerprint density at radius 2 is 1.71 bits per heavy atom. The Labute approximate surface area is 89.2 Å². The molecule has 0 aliphatic rings. The highest BCUT2D eigenvalue weighted by Crippen LogP contribution is 2.14. The van der Waals surface area contributed by atoms with Crippen molar-refractivity contribution in [1.82, 2.24) is 0 Å². The molecule has 0 aliphatic heterocycles. The van der Waals surface area contributed by atoms with Gasteiger partial charge in [0.15, 0.2) is 0 Å². The second-order valence-electron chi connectivity index (χ2n) is 3.91. The number of allylic oxidation sites excluding steroid dienone is 1. The Balaban J connectivity index is 3.46. The van der Waals surface area contributed by atoms with Crippen LogP contribution in [0.3, 0.4) is 0 Å². The summed E-state index contributed by atoms with van der Waals surface area (Å²) in [6.45, 7) is 4.71. The van der Waals surface area contributed by atoms with Gasteiger partial charge in [0.2, 0.25) is 0 Å². The molecular weight excluding hydrogens is 172 g/mol. The van der Waals surface area contributed by atoms with Gasteiger partial charge in [-0.2, -0.15) is 0 Å². The van der Waals surface area contributed by atoms with E-state index in [1.54, 1.807) is 0 Å².